The molecule has 33 heavy (non-hydrogen) atoms. The smallest absolute Gasteiger partial charge is 0.301 e. The van der Waals surface area contributed by atoms with Gasteiger partial charge in [-0.15, -0.1) is 10.2 Å². The van der Waals surface area contributed by atoms with Gasteiger partial charge in [-0.25, -0.2) is 4.39 Å². The second kappa shape index (κ2) is 9.50. The molecule has 1 atom stereocenters. The number of aliphatic hydroxyl groups excluding tert-OH is 1. The molecule has 3 aromatic rings. The van der Waals surface area contributed by atoms with Crippen molar-refractivity contribution in [3.05, 3.63) is 76.1 Å². The van der Waals surface area contributed by atoms with Gasteiger partial charge in [-0.1, -0.05) is 42.9 Å². The predicted molar refractivity (Wildman–Crippen MR) is 123 cm³/mol. The lowest BCUT2D eigenvalue weighted by atomic mass is 9.95. The third-order valence-electron chi connectivity index (χ3n) is 5.26. The molecule has 1 N–H and O–H groups in total. The summed E-state index contributed by atoms with van der Waals surface area (Å²) in [6.45, 7) is 4.34. The maximum Gasteiger partial charge on any atom is 0.301 e. The lowest BCUT2D eigenvalue weighted by Crippen LogP contribution is -2.29. The van der Waals surface area contributed by atoms with Crippen molar-refractivity contribution in [2.75, 3.05) is 11.5 Å². The van der Waals surface area contributed by atoms with Gasteiger partial charge in [0.15, 0.2) is 0 Å². The highest BCUT2D eigenvalue weighted by Crippen LogP contribution is 2.43. The van der Waals surface area contributed by atoms with E-state index in [-0.39, 0.29) is 16.3 Å². The Bertz CT molecular complexity index is 1220. The van der Waals surface area contributed by atoms with Gasteiger partial charge in [0.25, 0.3) is 5.78 Å². The zero-order chi connectivity index (χ0) is 23.5. The first-order valence-corrected chi connectivity index (χ1v) is 11.3. The summed E-state index contributed by atoms with van der Waals surface area (Å²) in [5.41, 5.74) is 0.175. The van der Waals surface area contributed by atoms with Crippen LogP contribution in [-0.4, -0.2) is 33.6 Å². The number of rotatable bonds is 7. The van der Waals surface area contributed by atoms with Crippen molar-refractivity contribution in [1.82, 2.24) is 10.2 Å². The summed E-state index contributed by atoms with van der Waals surface area (Å²) in [6, 6.07) is 11.2. The number of aromatic nitrogens is 2. The van der Waals surface area contributed by atoms with Crippen molar-refractivity contribution in [3.8, 4) is 5.75 Å². The Morgan fingerprint density at radius 3 is 2.52 bits per heavy atom. The topological polar surface area (TPSA) is 92.6 Å². The van der Waals surface area contributed by atoms with Crippen molar-refractivity contribution in [2.45, 2.75) is 32.7 Å². The number of carbonyl (C=O) groups excluding carboxylic acids is 2. The number of nitrogens with zero attached hydrogens (tertiary/aromatic N) is 3. The number of ketones is 1. The predicted octanol–water partition coefficient (Wildman–Crippen LogP) is 4.79. The minimum Gasteiger partial charge on any atom is -0.507 e. The Kier molecular flexibility index (Phi) is 6.50. The minimum absolute atomic E-state index is 0.0747. The van der Waals surface area contributed by atoms with Crippen LogP contribution in [0, 0.1) is 12.7 Å². The van der Waals surface area contributed by atoms with Crippen LogP contribution in [0.3, 0.4) is 0 Å². The maximum atomic E-state index is 14.8. The van der Waals surface area contributed by atoms with Crippen molar-refractivity contribution in [2.24, 2.45) is 0 Å². The van der Waals surface area contributed by atoms with Crippen molar-refractivity contribution in [3.63, 3.8) is 0 Å². The summed E-state index contributed by atoms with van der Waals surface area (Å²) in [5, 5.41) is 19.7. The van der Waals surface area contributed by atoms with Gasteiger partial charge in [-0.2, -0.15) is 0 Å². The maximum absolute atomic E-state index is 14.8. The Morgan fingerprint density at radius 2 is 1.88 bits per heavy atom. The Balaban J connectivity index is 1.81. The Morgan fingerprint density at radius 1 is 1.15 bits per heavy atom. The molecule has 1 fully saturated rings. The quantitative estimate of drug-likeness (QED) is 0.232. The van der Waals surface area contributed by atoms with E-state index in [1.807, 2.05) is 0 Å². The number of unbranched alkanes of at least 4 members (excludes halogenated alkanes) is 1. The van der Waals surface area contributed by atoms with Crippen molar-refractivity contribution < 1.29 is 23.8 Å². The van der Waals surface area contributed by atoms with Gasteiger partial charge in [0, 0.05) is 11.1 Å². The number of anilines is 1. The second-order valence-corrected chi connectivity index (χ2v) is 8.68. The molecule has 0 saturated carbocycles. The molecule has 0 unspecified atom stereocenters. The molecular formula is C24H22FN3O4S. The molecule has 0 aliphatic carbocycles. The van der Waals surface area contributed by atoms with Gasteiger partial charge in [-0.3, -0.25) is 14.5 Å². The molecule has 1 amide bonds. The molecule has 1 aromatic heterocycles. The first-order valence-electron chi connectivity index (χ1n) is 10.5. The molecule has 1 saturated heterocycles. The third-order valence-corrected chi connectivity index (χ3v) is 6.10. The van der Waals surface area contributed by atoms with E-state index < -0.39 is 29.3 Å². The number of hydrogen-bond donors (Lipinski definition) is 1. The SMILES string of the molecule is CCCCOc1ccc(C(O)=C2C(=O)C(=O)N(c3nnc(C)s3)[C@@H]2c2ccccc2F)cc1. The van der Waals surface area contributed by atoms with E-state index in [4.69, 9.17) is 4.74 Å². The van der Waals surface area contributed by atoms with Crippen LogP contribution in [0.15, 0.2) is 54.1 Å². The van der Waals surface area contributed by atoms with Crippen molar-refractivity contribution >= 4 is 33.9 Å². The molecule has 2 heterocycles. The highest BCUT2D eigenvalue weighted by Gasteiger charge is 2.49. The summed E-state index contributed by atoms with van der Waals surface area (Å²) in [5.74, 6) is -2.21. The summed E-state index contributed by atoms with van der Waals surface area (Å²) in [7, 11) is 0. The Hall–Kier alpha value is -3.59. The van der Waals surface area contributed by atoms with E-state index in [0.29, 0.717) is 22.9 Å². The molecule has 0 spiro atoms. The number of ether oxygens (including phenoxy) is 1. The highest BCUT2D eigenvalue weighted by atomic mass is 32.1. The van der Waals surface area contributed by atoms with E-state index >= 15 is 0 Å². The van der Waals surface area contributed by atoms with Crippen LogP contribution in [0.5, 0.6) is 5.75 Å². The summed E-state index contributed by atoms with van der Waals surface area (Å²) >= 11 is 1.10. The van der Waals surface area contributed by atoms with Crippen LogP contribution in [0.25, 0.3) is 5.76 Å². The monoisotopic (exact) mass is 467 g/mol. The number of amides is 1. The van der Waals surface area contributed by atoms with Crippen LogP contribution in [0.4, 0.5) is 9.52 Å². The summed E-state index contributed by atoms with van der Waals surface area (Å²) in [6.07, 6.45) is 1.92. The molecule has 0 bridgehead atoms. The van der Waals surface area contributed by atoms with Gasteiger partial charge >= 0.3 is 5.91 Å². The Labute approximate surface area is 194 Å². The van der Waals surface area contributed by atoms with Crippen LogP contribution >= 0.6 is 11.3 Å². The first-order chi connectivity index (χ1) is 15.9. The zero-order valence-electron chi connectivity index (χ0n) is 18.1. The molecule has 0 radical (unpaired) electrons. The normalized spacial score (nSPS) is 17.5. The van der Waals surface area contributed by atoms with Gasteiger partial charge in [0.1, 0.15) is 28.4 Å². The number of hydrogen-bond acceptors (Lipinski definition) is 7. The zero-order valence-corrected chi connectivity index (χ0v) is 18.9. The molecule has 170 valence electrons. The van der Waals surface area contributed by atoms with E-state index in [1.165, 1.54) is 18.2 Å². The number of Topliss-reactive ketones (excluding diaryl/α,β-unsaturated/α-hetero) is 1. The number of benzene rings is 2. The average molecular weight is 468 g/mol. The molecule has 4 rings (SSSR count). The molecule has 1 aliphatic rings. The molecule has 9 heteroatoms. The van der Waals surface area contributed by atoms with Crippen molar-refractivity contribution in [1.29, 1.82) is 0 Å². The van der Waals surface area contributed by atoms with E-state index in [2.05, 4.69) is 17.1 Å². The lowest BCUT2D eigenvalue weighted by molar-refractivity contribution is -0.132. The number of aliphatic hydroxyl groups is 1. The van der Waals surface area contributed by atoms with Crippen LogP contribution in [-0.2, 0) is 9.59 Å². The fraction of sp³-hybridized carbons (Fsp3) is 0.250. The van der Waals surface area contributed by atoms with E-state index in [1.54, 1.807) is 37.3 Å². The highest BCUT2D eigenvalue weighted by molar-refractivity contribution is 7.15. The van der Waals surface area contributed by atoms with Gasteiger partial charge in [0.2, 0.25) is 5.13 Å². The number of halogens is 1. The number of carbonyl (C=O) groups is 2. The first kappa shape index (κ1) is 22.6. The lowest BCUT2D eigenvalue weighted by Gasteiger charge is -2.22. The summed E-state index contributed by atoms with van der Waals surface area (Å²) in [4.78, 5) is 27.1. The van der Waals surface area contributed by atoms with Crippen LogP contribution < -0.4 is 9.64 Å². The van der Waals surface area contributed by atoms with Gasteiger partial charge in [0.05, 0.1) is 12.2 Å². The van der Waals surface area contributed by atoms with Gasteiger partial charge in [-0.05, 0) is 43.7 Å². The fourth-order valence-electron chi connectivity index (χ4n) is 3.60. The van der Waals surface area contributed by atoms with Gasteiger partial charge < -0.3 is 9.84 Å². The van der Waals surface area contributed by atoms with E-state index in [0.717, 1.165) is 29.1 Å². The van der Waals surface area contributed by atoms with Crippen LogP contribution in [0.1, 0.15) is 41.9 Å². The second-order valence-electron chi connectivity index (χ2n) is 7.52. The van der Waals surface area contributed by atoms with Crippen LogP contribution in [0.2, 0.25) is 0 Å². The molecule has 2 aromatic carbocycles. The number of aryl methyl sites for hydroxylation is 1. The molecule has 1 aliphatic heterocycles. The average Bonchev–Trinajstić information content (AvgIpc) is 3.35. The third kappa shape index (κ3) is 4.36. The largest absolute Gasteiger partial charge is 0.507 e. The van der Waals surface area contributed by atoms with E-state index in [9.17, 15) is 19.1 Å². The summed E-state index contributed by atoms with van der Waals surface area (Å²) < 4.78 is 20.5. The molecule has 7 nitrogen and oxygen atoms in total. The fourth-order valence-corrected chi connectivity index (χ4v) is 4.32. The molecular weight excluding hydrogens is 445 g/mol. The standard InChI is InChI=1S/C24H22FN3O4S/c1-3-4-13-32-16-11-9-15(10-12-16)21(29)19-20(17-7-5-6-8-18(17)25)28(23(31)22(19)30)24-27-26-14(2)33-24/h5-12,20,29H,3-4,13H2,1-2H3/t20-/m1/s1. The minimum atomic E-state index is -1.18.